The van der Waals surface area contributed by atoms with E-state index >= 15 is 0 Å². The number of amides is 1. The van der Waals surface area contributed by atoms with Crippen molar-refractivity contribution in [2.45, 2.75) is 32.1 Å². The standard InChI is InChI=1S/C20H23N5O/c21-14-17-18(24-25(20(17)22)16-9-2-1-3-10-16)11-6-12-23-19(26)13-15-7-4-5-8-15/h1-4,7,9-10,15H,5-6,8,11-13,22H2,(H,23,26)/t15-/m1/s1. The van der Waals surface area contributed by atoms with Gasteiger partial charge in [0.15, 0.2) is 0 Å². The number of allylic oxidation sites excluding steroid dienone is 2. The summed E-state index contributed by atoms with van der Waals surface area (Å²) in [5.74, 6) is 0.809. The molecule has 1 atom stereocenters. The number of aryl methyl sites for hydroxylation is 1. The highest BCUT2D eigenvalue weighted by molar-refractivity contribution is 5.76. The van der Waals surface area contributed by atoms with Crippen LogP contribution in [-0.2, 0) is 11.2 Å². The van der Waals surface area contributed by atoms with Gasteiger partial charge in [0.25, 0.3) is 0 Å². The number of anilines is 1. The number of nitriles is 1. The Hall–Kier alpha value is -3.07. The average Bonchev–Trinajstić information content (AvgIpc) is 3.27. The molecule has 1 aromatic carbocycles. The fourth-order valence-corrected chi connectivity index (χ4v) is 3.20. The van der Waals surface area contributed by atoms with E-state index < -0.39 is 0 Å². The summed E-state index contributed by atoms with van der Waals surface area (Å²) in [6, 6.07) is 11.7. The number of carbonyl (C=O) groups is 1. The number of nitrogen functional groups attached to an aromatic ring is 1. The monoisotopic (exact) mass is 349 g/mol. The predicted octanol–water partition coefficient (Wildman–Crippen LogP) is 2.73. The molecule has 0 saturated heterocycles. The van der Waals surface area contributed by atoms with E-state index in [1.807, 2.05) is 30.3 Å². The minimum atomic E-state index is 0.0800. The van der Waals surface area contributed by atoms with E-state index in [1.54, 1.807) is 4.68 Å². The Bertz CT molecular complexity index is 832. The average molecular weight is 349 g/mol. The first kappa shape index (κ1) is 17.7. The molecule has 0 fully saturated rings. The molecule has 3 rings (SSSR count). The largest absolute Gasteiger partial charge is 0.382 e. The third kappa shape index (κ3) is 4.12. The molecule has 6 nitrogen and oxygen atoms in total. The highest BCUT2D eigenvalue weighted by Gasteiger charge is 2.17. The molecule has 2 aromatic rings. The molecule has 134 valence electrons. The van der Waals surface area contributed by atoms with Crippen molar-refractivity contribution in [3.05, 3.63) is 53.7 Å². The minimum absolute atomic E-state index is 0.0800. The number of para-hydroxylation sites is 1. The molecule has 1 heterocycles. The zero-order valence-electron chi connectivity index (χ0n) is 14.7. The molecule has 26 heavy (non-hydrogen) atoms. The molecular weight excluding hydrogens is 326 g/mol. The van der Waals surface area contributed by atoms with Crippen molar-refractivity contribution >= 4 is 11.7 Å². The van der Waals surface area contributed by atoms with Gasteiger partial charge in [0.05, 0.1) is 11.4 Å². The fourth-order valence-electron chi connectivity index (χ4n) is 3.20. The number of carbonyl (C=O) groups excluding carboxylic acids is 1. The van der Waals surface area contributed by atoms with Crippen molar-refractivity contribution in [2.75, 3.05) is 12.3 Å². The van der Waals surface area contributed by atoms with Gasteiger partial charge < -0.3 is 11.1 Å². The Morgan fingerprint density at radius 2 is 2.19 bits per heavy atom. The lowest BCUT2D eigenvalue weighted by Gasteiger charge is -2.08. The maximum atomic E-state index is 11.9. The summed E-state index contributed by atoms with van der Waals surface area (Å²) in [7, 11) is 0. The molecule has 3 N–H and O–H groups in total. The van der Waals surface area contributed by atoms with Crippen molar-refractivity contribution in [3.63, 3.8) is 0 Å². The maximum absolute atomic E-state index is 11.9. The van der Waals surface area contributed by atoms with Gasteiger partial charge in [-0.25, -0.2) is 4.68 Å². The van der Waals surface area contributed by atoms with Gasteiger partial charge in [-0.1, -0.05) is 30.4 Å². The number of hydrogen-bond donors (Lipinski definition) is 2. The first-order chi connectivity index (χ1) is 12.7. The summed E-state index contributed by atoms with van der Waals surface area (Å²) < 4.78 is 1.60. The van der Waals surface area contributed by atoms with Crippen LogP contribution in [0.1, 0.15) is 36.9 Å². The Balaban J connectivity index is 1.55. The Morgan fingerprint density at radius 1 is 1.38 bits per heavy atom. The summed E-state index contributed by atoms with van der Waals surface area (Å²) in [5.41, 5.74) is 8.00. The van der Waals surface area contributed by atoms with E-state index in [9.17, 15) is 10.1 Å². The third-order valence-electron chi connectivity index (χ3n) is 4.58. The van der Waals surface area contributed by atoms with Gasteiger partial charge in [-0.3, -0.25) is 4.79 Å². The number of nitrogens with one attached hydrogen (secondary N) is 1. The topological polar surface area (TPSA) is 96.7 Å². The lowest BCUT2D eigenvalue weighted by atomic mass is 10.1. The van der Waals surface area contributed by atoms with Gasteiger partial charge in [0, 0.05) is 13.0 Å². The van der Waals surface area contributed by atoms with Crippen LogP contribution in [-0.4, -0.2) is 22.2 Å². The van der Waals surface area contributed by atoms with Crippen LogP contribution in [0.5, 0.6) is 0 Å². The van der Waals surface area contributed by atoms with E-state index in [1.165, 1.54) is 0 Å². The fraction of sp³-hybridized carbons (Fsp3) is 0.350. The van der Waals surface area contributed by atoms with Gasteiger partial charge in [0.1, 0.15) is 17.5 Å². The lowest BCUT2D eigenvalue weighted by Crippen LogP contribution is -2.26. The van der Waals surface area contributed by atoms with E-state index in [4.69, 9.17) is 5.73 Å². The molecule has 1 aliphatic carbocycles. The SMILES string of the molecule is N#Cc1c(CCCNC(=O)C[C@@H]2C=CCC2)nn(-c2ccccc2)c1N. The molecular formula is C20H23N5O. The summed E-state index contributed by atoms with van der Waals surface area (Å²) in [6.07, 6.45) is 8.25. The molecule has 0 aliphatic heterocycles. The van der Waals surface area contributed by atoms with Crippen molar-refractivity contribution < 1.29 is 4.79 Å². The number of nitrogens with two attached hydrogens (primary N) is 1. The molecule has 0 saturated carbocycles. The minimum Gasteiger partial charge on any atom is -0.382 e. The van der Waals surface area contributed by atoms with Crippen LogP contribution in [0, 0.1) is 17.2 Å². The second kappa shape index (κ2) is 8.34. The number of nitrogens with zero attached hydrogens (tertiary/aromatic N) is 3. The van der Waals surface area contributed by atoms with Crippen LogP contribution >= 0.6 is 0 Å². The van der Waals surface area contributed by atoms with Crippen molar-refractivity contribution in [1.82, 2.24) is 15.1 Å². The molecule has 1 amide bonds. The summed E-state index contributed by atoms with van der Waals surface area (Å²) in [6.45, 7) is 0.568. The zero-order chi connectivity index (χ0) is 18.4. The van der Waals surface area contributed by atoms with Crippen molar-refractivity contribution in [3.8, 4) is 11.8 Å². The number of rotatable bonds is 7. The van der Waals surface area contributed by atoms with Crippen LogP contribution < -0.4 is 11.1 Å². The third-order valence-corrected chi connectivity index (χ3v) is 4.58. The summed E-state index contributed by atoms with van der Waals surface area (Å²) in [5, 5.41) is 16.9. The van der Waals surface area contributed by atoms with E-state index in [0.717, 1.165) is 18.5 Å². The van der Waals surface area contributed by atoms with E-state index in [2.05, 4.69) is 28.6 Å². The van der Waals surface area contributed by atoms with Crippen LogP contribution in [0.25, 0.3) is 5.69 Å². The quantitative estimate of drug-likeness (QED) is 0.593. The van der Waals surface area contributed by atoms with Crippen LogP contribution in [0.2, 0.25) is 0 Å². The van der Waals surface area contributed by atoms with Gasteiger partial charge in [-0.2, -0.15) is 10.4 Å². The molecule has 0 spiro atoms. The maximum Gasteiger partial charge on any atom is 0.220 e. The highest BCUT2D eigenvalue weighted by Crippen LogP contribution is 2.22. The van der Waals surface area contributed by atoms with Gasteiger partial charge in [-0.15, -0.1) is 0 Å². The smallest absolute Gasteiger partial charge is 0.220 e. The van der Waals surface area contributed by atoms with Gasteiger partial charge in [0.2, 0.25) is 5.91 Å². The zero-order valence-corrected chi connectivity index (χ0v) is 14.7. The van der Waals surface area contributed by atoms with Gasteiger partial charge in [-0.05, 0) is 43.7 Å². The van der Waals surface area contributed by atoms with E-state index in [-0.39, 0.29) is 5.91 Å². The van der Waals surface area contributed by atoms with Crippen LogP contribution in [0.15, 0.2) is 42.5 Å². The van der Waals surface area contributed by atoms with Crippen molar-refractivity contribution in [1.29, 1.82) is 5.26 Å². The molecule has 0 unspecified atom stereocenters. The number of aromatic nitrogens is 2. The van der Waals surface area contributed by atoms with Crippen LogP contribution in [0.4, 0.5) is 5.82 Å². The predicted molar refractivity (Wildman–Crippen MR) is 101 cm³/mol. The van der Waals surface area contributed by atoms with Crippen LogP contribution in [0.3, 0.4) is 0 Å². The summed E-state index contributed by atoms with van der Waals surface area (Å²) in [4.78, 5) is 11.9. The lowest BCUT2D eigenvalue weighted by molar-refractivity contribution is -0.121. The molecule has 1 aromatic heterocycles. The highest BCUT2D eigenvalue weighted by atomic mass is 16.1. The molecule has 0 radical (unpaired) electrons. The molecule has 1 aliphatic rings. The first-order valence-electron chi connectivity index (χ1n) is 8.95. The second-order valence-electron chi connectivity index (χ2n) is 6.49. The molecule has 6 heteroatoms. The van der Waals surface area contributed by atoms with Crippen molar-refractivity contribution in [2.24, 2.45) is 5.92 Å². The Labute approximate surface area is 153 Å². The Kier molecular flexibility index (Phi) is 5.69. The second-order valence-corrected chi connectivity index (χ2v) is 6.49. The molecule has 0 bridgehead atoms. The van der Waals surface area contributed by atoms with Gasteiger partial charge >= 0.3 is 0 Å². The van der Waals surface area contributed by atoms with E-state index in [0.29, 0.717) is 48.8 Å². The number of benzene rings is 1. The Morgan fingerprint density at radius 3 is 2.88 bits per heavy atom. The first-order valence-corrected chi connectivity index (χ1v) is 8.95. The number of hydrogen-bond acceptors (Lipinski definition) is 4. The normalized spacial score (nSPS) is 15.7. The summed E-state index contributed by atoms with van der Waals surface area (Å²) >= 11 is 0.